The molecule has 2 aromatic rings. The van der Waals surface area contributed by atoms with Crippen LogP contribution in [0.3, 0.4) is 0 Å². The highest BCUT2D eigenvalue weighted by atomic mass is 32.1. The highest BCUT2D eigenvalue weighted by Gasteiger charge is 2.47. The van der Waals surface area contributed by atoms with Crippen molar-refractivity contribution in [2.24, 2.45) is 0 Å². The first kappa shape index (κ1) is 16.8. The summed E-state index contributed by atoms with van der Waals surface area (Å²) in [6.07, 6.45) is 4.01. The number of rotatable bonds is 4. The molecule has 0 amide bonds. The van der Waals surface area contributed by atoms with Gasteiger partial charge in [-0.05, 0) is 44.2 Å². The number of hydrogen-bond acceptors (Lipinski definition) is 5. The number of likely N-dealkylation sites (N-methyl/N-ethyl adjacent to an activating group) is 1. The van der Waals surface area contributed by atoms with Gasteiger partial charge in [0.25, 0.3) is 0 Å². The number of aliphatic hydroxyl groups is 1. The fourth-order valence-electron chi connectivity index (χ4n) is 4.27. The van der Waals surface area contributed by atoms with Gasteiger partial charge in [0.2, 0.25) is 5.60 Å². The third-order valence-corrected chi connectivity index (χ3v) is 6.71. The normalized spacial score (nSPS) is 28.5. The molecule has 132 valence electrons. The van der Waals surface area contributed by atoms with Crippen LogP contribution in [0.1, 0.15) is 36.1 Å². The van der Waals surface area contributed by atoms with E-state index in [2.05, 4.69) is 11.9 Å². The highest BCUT2D eigenvalue weighted by molar-refractivity contribution is 7.10. The van der Waals surface area contributed by atoms with Crippen LogP contribution in [-0.2, 0) is 15.1 Å². The van der Waals surface area contributed by atoms with Crippen LogP contribution in [-0.4, -0.2) is 41.2 Å². The zero-order valence-electron chi connectivity index (χ0n) is 14.3. The smallest absolute Gasteiger partial charge is 0.348 e. The van der Waals surface area contributed by atoms with Gasteiger partial charge in [-0.3, -0.25) is 4.90 Å². The Hall–Kier alpha value is -1.69. The number of esters is 1. The minimum Gasteiger partial charge on any atom is -0.458 e. The van der Waals surface area contributed by atoms with Crippen LogP contribution in [0.4, 0.5) is 0 Å². The maximum Gasteiger partial charge on any atom is 0.348 e. The van der Waals surface area contributed by atoms with Gasteiger partial charge in [-0.2, -0.15) is 0 Å². The van der Waals surface area contributed by atoms with Crippen molar-refractivity contribution in [3.63, 3.8) is 0 Å². The standard InChI is InChI=1S/C20H23NO3S/c1-21-15-9-11-16(21)17(12-10-15)24-19(22)20(23,18-8-5-13-25-18)14-6-3-2-4-7-14/h2-8,13,15-17,23H,9-12H2,1H3. The Morgan fingerprint density at radius 2 is 1.92 bits per heavy atom. The van der Waals surface area contributed by atoms with Gasteiger partial charge in [0.15, 0.2) is 0 Å². The van der Waals surface area contributed by atoms with E-state index in [4.69, 9.17) is 4.74 Å². The largest absolute Gasteiger partial charge is 0.458 e. The van der Waals surface area contributed by atoms with Gasteiger partial charge in [0.1, 0.15) is 6.10 Å². The van der Waals surface area contributed by atoms with E-state index in [0.29, 0.717) is 16.5 Å². The number of thiophene rings is 1. The quantitative estimate of drug-likeness (QED) is 0.854. The number of hydrogen-bond donors (Lipinski definition) is 1. The SMILES string of the molecule is CN1C2CCC(OC(=O)C(O)(c3ccccc3)c3cccs3)C1CC2. The molecule has 2 aliphatic rings. The Kier molecular flexibility index (Phi) is 4.40. The summed E-state index contributed by atoms with van der Waals surface area (Å²) >= 11 is 1.37. The van der Waals surface area contributed by atoms with Crippen LogP contribution < -0.4 is 0 Å². The average molecular weight is 357 g/mol. The molecule has 2 aliphatic heterocycles. The number of benzene rings is 1. The predicted octanol–water partition coefficient (Wildman–Crippen LogP) is 3.15. The van der Waals surface area contributed by atoms with Gasteiger partial charge < -0.3 is 9.84 Å². The summed E-state index contributed by atoms with van der Waals surface area (Å²) in [5, 5.41) is 13.3. The van der Waals surface area contributed by atoms with E-state index in [1.54, 1.807) is 18.2 Å². The Morgan fingerprint density at radius 3 is 2.64 bits per heavy atom. The Labute approximate surface area is 152 Å². The number of carbonyl (C=O) groups is 1. The number of nitrogens with zero attached hydrogens (tertiary/aromatic N) is 1. The first-order valence-electron chi connectivity index (χ1n) is 8.85. The molecule has 2 saturated heterocycles. The third-order valence-electron chi connectivity index (χ3n) is 5.73. The number of carbonyl (C=O) groups excluding carboxylic acids is 1. The zero-order valence-corrected chi connectivity index (χ0v) is 15.1. The summed E-state index contributed by atoms with van der Waals surface area (Å²) in [4.78, 5) is 16.1. The molecule has 4 nitrogen and oxygen atoms in total. The lowest BCUT2D eigenvalue weighted by atomic mass is 9.91. The Bertz CT molecular complexity index is 733. The molecule has 3 heterocycles. The van der Waals surface area contributed by atoms with Gasteiger partial charge >= 0.3 is 5.97 Å². The van der Waals surface area contributed by atoms with Crippen LogP contribution in [0.5, 0.6) is 0 Å². The molecule has 1 aromatic carbocycles. The van der Waals surface area contributed by atoms with Crippen molar-refractivity contribution < 1.29 is 14.6 Å². The fourth-order valence-corrected chi connectivity index (χ4v) is 5.10. The summed E-state index contributed by atoms with van der Waals surface area (Å²) in [5.41, 5.74) is -1.19. The molecular weight excluding hydrogens is 334 g/mol. The van der Waals surface area contributed by atoms with Crippen molar-refractivity contribution in [2.75, 3.05) is 7.05 Å². The third kappa shape index (κ3) is 2.80. The van der Waals surface area contributed by atoms with Crippen LogP contribution in [0, 0.1) is 0 Å². The van der Waals surface area contributed by atoms with Crippen molar-refractivity contribution in [3.05, 3.63) is 58.3 Å². The molecule has 2 bridgehead atoms. The van der Waals surface area contributed by atoms with Gasteiger partial charge in [-0.25, -0.2) is 4.79 Å². The minimum absolute atomic E-state index is 0.147. The second-order valence-electron chi connectivity index (χ2n) is 7.04. The van der Waals surface area contributed by atoms with Crippen molar-refractivity contribution in [1.29, 1.82) is 0 Å². The first-order chi connectivity index (χ1) is 12.1. The Morgan fingerprint density at radius 1 is 1.16 bits per heavy atom. The molecular formula is C20H23NO3S. The van der Waals surface area contributed by atoms with E-state index in [9.17, 15) is 9.90 Å². The fraction of sp³-hybridized carbons (Fsp3) is 0.450. The lowest BCUT2D eigenvalue weighted by molar-refractivity contribution is -0.172. The van der Waals surface area contributed by atoms with Crippen LogP contribution in [0.15, 0.2) is 47.8 Å². The van der Waals surface area contributed by atoms with Crippen molar-refractivity contribution in [1.82, 2.24) is 4.90 Å². The summed E-state index contributed by atoms with van der Waals surface area (Å²) in [5.74, 6) is -0.565. The molecule has 0 aliphatic carbocycles. The molecule has 0 radical (unpaired) electrons. The predicted molar refractivity (Wildman–Crippen MR) is 97.4 cm³/mol. The van der Waals surface area contributed by atoms with E-state index in [-0.39, 0.29) is 12.1 Å². The second-order valence-corrected chi connectivity index (χ2v) is 7.99. The van der Waals surface area contributed by atoms with Gasteiger partial charge in [0.05, 0.1) is 4.88 Å². The zero-order chi connectivity index (χ0) is 17.4. The average Bonchev–Trinajstić information content (AvgIpc) is 3.24. The molecule has 4 atom stereocenters. The van der Waals surface area contributed by atoms with E-state index in [0.717, 1.165) is 19.3 Å². The maximum atomic E-state index is 13.1. The van der Waals surface area contributed by atoms with E-state index in [1.165, 1.54) is 17.8 Å². The molecule has 2 fully saturated rings. The van der Waals surface area contributed by atoms with Gasteiger partial charge in [-0.1, -0.05) is 36.4 Å². The first-order valence-corrected chi connectivity index (χ1v) is 9.73. The molecule has 1 aromatic heterocycles. The van der Waals surface area contributed by atoms with Crippen molar-refractivity contribution in [2.45, 2.75) is 49.5 Å². The topological polar surface area (TPSA) is 49.8 Å². The molecule has 5 heteroatoms. The van der Waals surface area contributed by atoms with Crippen molar-refractivity contribution >= 4 is 17.3 Å². The van der Waals surface area contributed by atoms with Crippen LogP contribution >= 0.6 is 11.3 Å². The lowest BCUT2D eigenvalue weighted by Gasteiger charge is -2.38. The Balaban J connectivity index is 1.63. The maximum absolute atomic E-state index is 13.1. The number of fused-ring (bicyclic) bond motifs is 2. The van der Waals surface area contributed by atoms with Crippen LogP contribution in [0.2, 0.25) is 0 Å². The molecule has 4 rings (SSSR count). The highest BCUT2D eigenvalue weighted by Crippen LogP contribution is 2.39. The van der Waals surface area contributed by atoms with E-state index < -0.39 is 11.6 Å². The van der Waals surface area contributed by atoms with Gasteiger partial charge in [0, 0.05) is 17.6 Å². The monoisotopic (exact) mass is 357 g/mol. The molecule has 0 saturated carbocycles. The van der Waals surface area contributed by atoms with Gasteiger partial charge in [-0.15, -0.1) is 11.3 Å². The lowest BCUT2D eigenvalue weighted by Crippen LogP contribution is -2.49. The van der Waals surface area contributed by atoms with Crippen LogP contribution in [0.25, 0.3) is 0 Å². The molecule has 4 unspecified atom stereocenters. The minimum atomic E-state index is -1.75. The number of ether oxygens (including phenoxy) is 1. The van der Waals surface area contributed by atoms with E-state index in [1.807, 2.05) is 29.6 Å². The summed E-state index contributed by atoms with van der Waals surface area (Å²) in [7, 11) is 2.12. The summed E-state index contributed by atoms with van der Waals surface area (Å²) in [6.45, 7) is 0. The number of piperidine rings is 1. The summed E-state index contributed by atoms with van der Waals surface area (Å²) < 4.78 is 5.91. The molecule has 25 heavy (non-hydrogen) atoms. The molecule has 0 spiro atoms. The van der Waals surface area contributed by atoms with Crippen molar-refractivity contribution in [3.8, 4) is 0 Å². The van der Waals surface area contributed by atoms with E-state index >= 15 is 0 Å². The molecule has 1 N–H and O–H groups in total. The second kappa shape index (κ2) is 6.56. The summed E-state index contributed by atoms with van der Waals surface area (Å²) in [6, 6.07) is 13.6.